The van der Waals surface area contributed by atoms with Crippen LogP contribution in [0.5, 0.6) is 0 Å². The molecule has 1 aliphatic heterocycles. The van der Waals surface area contributed by atoms with Gasteiger partial charge in [0.15, 0.2) is 11.6 Å². The van der Waals surface area contributed by atoms with Gasteiger partial charge in [-0.25, -0.2) is 0 Å². The topological polar surface area (TPSA) is 39.1 Å². The second kappa shape index (κ2) is 13.6. The van der Waals surface area contributed by atoms with Gasteiger partial charge in [-0.3, -0.25) is 9.59 Å². The summed E-state index contributed by atoms with van der Waals surface area (Å²) in [7, 11) is 0. The van der Waals surface area contributed by atoms with E-state index in [1.807, 2.05) is 18.2 Å². The van der Waals surface area contributed by atoms with Crippen LogP contribution in [0.4, 0.5) is 0 Å². The Balaban J connectivity index is 1.07. The molecule has 1 aromatic heterocycles. The fourth-order valence-corrected chi connectivity index (χ4v) is 12.3. The number of para-hydroxylation sites is 1. The smallest absolute Gasteiger partial charge is 0.193 e. The lowest BCUT2D eigenvalue weighted by Crippen LogP contribution is -2.35. The normalized spacial score (nSPS) is 15.2. The van der Waals surface area contributed by atoms with Gasteiger partial charge in [-0.1, -0.05) is 179 Å². The minimum Gasteiger partial charge on any atom is -0.309 e. The van der Waals surface area contributed by atoms with E-state index >= 15 is 4.79 Å². The van der Waals surface area contributed by atoms with Crippen LogP contribution in [0.2, 0.25) is 0 Å². The molecule has 0 amide bonds. The largest absolute Gasteiger partial charge is 0.309 e. The molecular formula is C63H45NO2. The highest BCUT2D eigenvalue weighted by molar-refractivity contribution is 6.19. The molecule has 3 heteroatoms. The van der Waals surface area contributed by atoms with Crippen molar-refractivity contribution in [3.63, 3.8) is 0 Å². The van der Waals surface area contributed by atoms with Gasteiger partial charge in [0.05, 0.1) is 22.1 Å². The van der Waals surface area contributed by atoms with E-state index in [1.165, 1.54) is 38.9 Å². The second-order valence-corrected chi connectivity index (χ2v) is 19.5. The maximum absolute atomic E-state index is 15.5. The van der Waals surface area contributed by atoms with Crippen LogP contribution < -0.4 is 0 Å². The lowest BCUT2D eigenvalue weighted by atomic mass is 9.63. The summed E-state index contributed by atoms with van der Waals surface area (Å²) in [6, 6.07) is 70.2. The first kappa shape index (κ1) is 38.6. The van der Waals surface area contributed by atoms with Crippen molar-refractivity contribution in [1.29, 1.82) is 0 Å². The summed E-state index contributed by atoms with van der Waals surface area (Å²) in [5.74, 6) is -0.0637. The molecule has 0 radical (unpaired) electrons. The van der Waals surface area contributed by atoms with Crippen LogP contribution in [0.15, 0.2) is 200 Å². The van der Waals surface area contributed by atoms with Crippen molar-refractivity contribution in [3.8, 4) is 27.9 Å². The van der Waals surface area contributed by atoms with E-state index in [2.05, 4.69) is 214 Å². The van der Waals surface area contributed by atoms with Crippen LogP contribution in [0.1, 0.15) is 104 Å². The third kappa shape index (κ3) is 5.03. The first-order chi connectivity index (χ1) is 32.1. The van der Waals surface area contributed by atoms with Crippen LogP contribution in [0.25, 0.3) is 49.7 Å². The van der Waals surface area contributed by atoms with Crippen molar-refractivity contribution in [1.82, 2.24) is 4.57 Å². The van der Waals surface area contributed by atoms with Crippen LogP contribution in [0, 0.1) is 0 Å². The quantitative estimate of drug-likeness (QED) is 0.156. The van der Waals surface area contributed by atoms with Crippen molar-refractivity contribution < 1.29 is 9.59 Å². The van der Waals surface area contributed by atoms with E-state index in [-0.39, 0.29) is 22.4 Å². The van der Waals surface area contributed by atoms with Crippen LogP contribution >= 0.6 is 0 Å². The summed E-state index contributed by atoms with van der Waals surface area (Å²) in [6.07, 6.45) is 0. The fourth-order valence-electron chi connectivity index (χ4n) is 12.3. The zero-order valence-corrected chi connectivity index (χ0v) is 37.3. The molecule has 10 aromatic rings. The summed E-state index contributed by atoms with van der Waals surface area (Å²) in [4.78, 5) is 30.3. The Bertz CT molecular complexity index is 3700. The Morgan fingerprint density at radius 2 is 0.788 bits per heavy atom. The Kier molecular flexibility index (Phi) is 7.93. The van der Waals surface area contributed by atoms with Gasteiger partial charge in [-0.05, 0) is 115 Å². The average Bonchev–Trinajstić information content (AvgIpc) is 3.90. The van der Waals surface area contributed by atoms with Gasteiger partial charge >= 0.3 is 0 Å². The Morgan fingerprint density at radius 3 is 1.36 bits per heavy atom. The third-order valence-corrected chi connectivity index (χ3v) is 15.4. The molecule has 13 rings (SSSR count). The van der Waals surface area contributed by atoms with E-state index in [9.17, 15) is 4.79 Å². The molecule has 0 N–H and O–H groups in total. The van der Waals surface area contributed by atoms with Gasteiger partial charge in [0.2, 0.25) is 0 Å². The lowest BCUT2D eigenvalue weighted by Gasteiger charge is -2.42. The number of carbonyl (C=O) groups is 2. The van der Waals surface area contributed by atoms with E-state index in [1.54, 1.807) is 0 Å². The molecule has 0 bridgehead atoms. The summed E-state index contributed by atoms with van der Waals surface area (Å²) in [5.41, 5.74) is 18.4. The molecule has 66 heavy (non-hydrogen) atoms. The Hall–Kier alpha value is -7.88. The molecule has 0 spiro atoms. The maximum atomic E-state index is 15.5. The monoisotopic (exact) mass is 847 g/mol. The standard InChI is InChI=1S/C63H45NO2/c1-61(2)50-23-13-11-21-44(50)46-30-27-39(35-53(46)61)59(65)38-29-32-56-48(33-38)49-34-41(60(66)40-28-31-47-45-22-12-14-24-51(45)62(3,4)54(47)36-40)37-55-58(49)64(56)57-26-16-15-25-52(57)63(55,42-17-7-5-8-18-42)43-19-9-6-10-20-43/h5-37H,1-4H3. The van der Waals surface area contributed by atoms with Crippen molar-refractivity contribution in [2.75, 3.05) is 0 Å². The zero-order valence-electron chi connectivity index (χ0n) is 37.3. The molecular weight excluding hydrogens is 803 g/mol. The van der Waals surface area contributed by atoms with Crippen molar-refractivity contribution >= 4 is 33.4 Å². The first-order valence-corrected chi connectivity index (χ1v) is 23.0. The van der Waals surface area contributed by atoms with Crippen LogP contribution in [-0.4, -0.2) is 16.1 Å². The highest BCUT2D eigenvalue weighted by atomic mass is 16.1. The number of carbonyl (C=O) groups excluding carboxylic acids is 2. The van der Waals surface area contributed by atoms with Gasteiger partial charge in [0.25, 0.3) is 0 Å². The highest BCUT2D eigenvalue weighted by Gasteiger charge is 2.46. The summed E-state index contributed by atoms with van der Waals surface area (Å²) < 4.78 is 2.37. The van der Waals surface area contributed by atoms with Crippen LogP contribution in [-0.2, 0) is 16.2 Å². The van der Waals surface area contributed by atoms with Crippen LogP contribution in [0.3, 0.4) is 0 Å². The van der Waals surface area contributed by atoms with Gasteiger partial charge in [0, 0.05) is 43.9 Å². The first-order valence-electron chi connectivity index (χ1n) is 23.0. The van der Waals surface area contributed by atoms with E-state index in [0.29, 0.717) is 22.3 Å². The van der Waals surface area contributed by atoms with Crippen molar-refractivity contribution in [2.45, 2.75) is 43.9 Å². The molecule has 0 saturated carbocycles. The lowest BCUT2D eigenvalue weighted by molar-refractivity contribution is 0.103. The zero-order chi connectivity index (χ0) is 44.7. The Labute approximate surface area is 384 Å². The third-order valence-electron chi connectivity index (χ3n) is 15.4. The number of hydrogen-bond acceptors (Lipinski definition) is 2. The average molecular weight is 848 g/mol. The molecule has 0 saturated heterocycles. The summed E-state index contributed by atoms with van der Waals surface area (Å²) >= 11 is 0. The minimum atomic E-state index is -0.785. The predicted molar refractivity (Wildman–Crippen MR) is 268 cm³/mol. The molecule has 0 fully saturated rings. The summed E-state index contributed by atoms with van der Waals surface area (Å²) in [6.45, 7) is 9.00. The molecule has 0 unspecified atom stereocenters. The molecule has 3 aliphatic rings. The molecule has 2 aliphatic carbocycles. The second-order valence-electron chi connectivity index (χ2n) is 19.5. The molecule has 0 atom stereocenters. The highest BCUT2D eigenvalue weighted by Crippen LogP contribution is 2.55. The van der Waals surface area contributed by atoms with Gasteiger partial charge in [0.1, 0.15) is 0 Å². The molecule has 3 nitrogen and oxygen atoms in total. The molecule has 314 valence electrons. The van der Waals surface area contributed by atoms with Crippen molar-refractivity contribution in [2.24, 2.45) is 0 Å². The van der Waals surface area contributed by atoms with E-state index in [4.69, 9.17) is 0 Å². The summed E-state index contributed by atoms with van der Waals surface area (Å²) in [5, 5.41) is 1.86. The molecule has 2 heterocycles. The number of fused-ring (bicyclic) bond motifs is 11. The maximum Gasteiger partial charge on any atom is 0.193 e. The van der Waals surface area contributed by atoms with Gasteiger partial charge < -0.3 is 4.57 Å². The predicted octanol–water partition coefficient (Wildman–Crippen LogP) is 14.6. The van der Waals surface area contributed by atoms with E-state index in [0.717, 1.165) is 55.3 Å². The number of aromatic nitrogens is 1. The Morgan fingerprint density at radius 1 is 0.364 bits per heavy atom. The number of benzene rings is 9. The number of nitrogens with zero attached hydrogens (tertiary/aromatic N) is 1. The number of hydrogen-bond donors (Lipinski definition) is 0. The number of ketones is 2. The van der Waals surface area contributed by atoms with Gasteiger partial charge in [-0.2, -0.15) is 0 Å². The molecule has 9 aromatic carbocycles. The van der Waals surface area contributed by atoms with Crippen molar-refractivity contribution in [3.05, 3.63) is 267 Å². The SMILES string of the molecule is CC1(C)c2ccccc2-c2ccc(C(=O)c3ccc4c(c3)c3cc(C(=O)c5ccc6c(c5)C(C)(C)c5ccccc5-6)cc5c3n4-c3ccccc3C5(c3ccccc3)c3ccccc3)cc21. The number of rotatable bonds is 6. The van der Waals surface area contributed by atoms with E-state index < -0.39 is 5.41 Å². The fraction of sp³-hybridized carbons (Fsp3) is 0.111. The van der Waals surface area contributed by atoms with Gasteiger partial charge in [-0.15, -0.1) is 0 Å². The minimum absolute atomic E-state index is 0.0280.